The third-order valence-corrected chi connectivity index (χ3v) is 4.72. The topological polar surface area (TPSA) is 80.4 Å². The van der Waals surface area contributed by atoms with Crippen molar-refractivity contribution in [3.63, 3.8) is 0 Å². The van der Waals surface area contributed by atoms with Gasteiger partial charge in [-0.25, -0.2) is 9.48 Å². The molecule has 0 spiro atoms. The first-order valence-electron chi connectivity index (χ1n) is 8.88. The lowest BCUT2D eigenvalue weighted by Crippen LogP contribution is -2.06. The number of para-hydroxylation sites is 1. The van der Waals surface area contributed by atoms with Crippen LogP contribution in [-0.2, 0) is 11.8 Å². The van der Waals surface area contributed by atoms with Gasteiger partial charge in [-0.05, 0) is 24.3 Å². The van der Waals surface area contributed by atoms with E-state index in [1.165, 1.54) is 7.11 Å². The minimum atomic E-state index is -0.517. The Kier molecular flexibility index (Phi) is 4.67. The SMILES string of the molecule is COC(=O)c1cc(-c2cc(OC)cc(OC)c2)n(-c2cccc3cnn(C)c23)n1. The van der Waals surface area contributed by atoms with Crippen molar-refractivity contribution in [3.05, 3.63) is 54.4 Å². The predicted octanol–water partition coefficient (Wildman–Crippen LogP) is 3.23. The number of methoxy groups -OCH3 is 3. The van der Waals surface area contributed by atoms with Crippen LogP contribution in [0.1, 0.15) is 10.5 Å². The summed E-state index contributed by atoms with van der Waals surface area (Å²) in [5.41, 5.74) is 3.35. The maximum absolute atomic E-state index is 12.2. The zero-order valence-electron chi connectivity index (χ0n) is 16.5. The number of carbonyl (C=O) groups is 1. The number of hydrogen-bond donors (Lipinski definition) is 0. The van der Waals surface area contributed by atoms with Crippen molar-refractivity contribution >= 4 is 16.9 Å². The number of benzene rings is 2. The first-order valence-corrected chi connectivity index (χ1v) is 8.88. The Morgan fingerprint density at radius 3 is 2.38 bits per heavy atom. The summed E-state index contributed by atoms with van der Waals surface area (Å²) in [5, 5.41) is 9.84. The average molecular weight is 392 g/mol. The second-order valence-electron chi connectivity index (χ2n) is 6.40. The summed E-state index contributed by atoms with van der Waals surface area (Å²) in [7, 11) is 6.38. The van der Waals surface area contributed by atoms with Gasteiger partial charge in [0.25, 0.3) is 0 Å². The van der Waals surface area contributed by atoms with Gasteiger partial charge in [-0.3, -0.25) is 4.68 Å². The molecule has 0 saturated carbocycles. The van der Waals surface area contributed by atoms with Gasteiger partial charge >= 0.3 is 5.97 Å². The molecule has 0 saturated heterocycles. The smallest absolute Gasteiger partial charge is 0.358 e. The molecule has 0 amide bonds. The molecular formula is C21H20N4O4. The minimum Gasteiger partial charge on any atom is -0.497 e. The van der Waals surface area contributed by atoms with Gasteiger partial charge in [0.05, 0.1) is 44.4 Å². The van der Waals surface area contributed by atoms with Gasteiger partial charge in [0.1, 0.15) is 11.5 Å². The molecule has 148 valence electrons. The zero-order chi connectivity index (χ0) is 20.5. The number of ether oxygens (including phenoxy) is 3. The van der Waals surface area contributed by atoms with Gasteiger partial charge in [0, 0.05) is 24.1 Å². The summed E-state index contributed by atoms with van der Waals surface area (Å²) < 4.78 is 19.2. The predicted molar refractivity (Wildman–Crippen MR) is 108 cm³/mol. The van der Waals surface area contributed by atoms with Crippen LogP contribution in [-0.4, -0.2) is 46.9 Å². The molecule has 0 N–H and O–H groups in total. The third kappa shape index (κ3) is 3.18. The Labute approximate surface area is 167 Å². The highest BCUT2D eigenvalue weighted by Gasteiger charge is 2.20. The monoisotopic (exact) mass is 392 g/mol. The molecule has 0 fully saturated rings. The van der Waals surface area contributed by atoms with Crippen LogP contribution in [0.2, 0.25) is 0 Å². The van der Waals surface area contributed by atoms with E-state index in [-0.39, 0.29) is 5.69 Å². The number of rotatable bonds is 5. The van der Waals surface area contributed by atoms with E-state index in [1.54, 1.807) is 41.9 Å². The van der Waals surface area contributed by atoms with E-state index in [9.17, 15) is 4.79 Å². The van der Waals surface area contributed by atoms with E-state index < -0.39 is 5.97 Å². The summed E-state index contributed by atoms with van der Waals surface area (Å²) in [6.07, 6.45) is 1.79. The highest BCUT2D eigenvalue weighted by Crippen LogP contribution is 2.33. The third-order valence-electron chi connectivity index (χ3n) is 4.72. The average Bonchev–Trinajstić information content (AvgIpc) is 3.37. The fourth-order valence-corrected chi connectivity index (χ4v) is 3.31. The number of aryl methyl sites for hydroxylation is 1. The minimum absolute atomic E-state index is 0.198. The molecule has 2 aromatic heterocycles. The van der Waals surface area contributed by atoms with Crippen molar-refractivity contribution in [1.82, 2.24) is 19.6 Å². The van der Waals surface area contributed by atoms with E-state index >= 15 is 0 Å². The van der Waals surface area contributed by atoms with Crippen LogP contribution in [0.3, 0.4) is 0 Å². The second-order valence-corrected chi connectivity index (χ2v) is 6.40. The molecule has 4 aromatic rings. The van der Waals surface area contributed by atoms with Gasteiger partial charge in [-0.15, -0.1) is 0 Å². The van der Waals surface area contributed by atoms with E-state index in [4.69, 9.17) is 14.2 Å². The number of esters is 1. The normalized spacial score (nSPS) is 10.9. The highest BCUT2D eigenvalue weighted by atomic mass is 16.5. The Morgan fingerprint density at radius 1 is 1.00 bits per heavy atom. The molecule has 0 radical (unpaired) electrons. The molecule has 0 bridgehead atoms. The number of carbonyl (C=O) groups excluding carboxylic acids is 1. The number of fused-ring (bicyclic) bond motifs is 1. The lowest BCUT2D eigenvalue weighted by molar-refractivity contribution is 0.0593. The molecule has 4 rings (SSSR count). The molecule has 0 atom stereocenters. The number of hydrogen-bond acceptors (Lipinski definition) is 6. The Morgan fingerprint density at radius 2 is 1.72 bits per heavy atom. The Hall–Kier alpha value is -3.81. The molecule has 29 heavy (non-hydrogen) atoms. The molecule has 8 heteroatoms. The van der Waals surface area contributed by atoms with E-state index in [2.05, 4.69) is 10.2 Å². The van der Waals surface area contributed by atoms with Crippen LogP contribution in [0.25, 0.3) is 27.8 Å². The largest absolute Gasteiger partial charge is 0.497 e. The Bertz CT molecular complexity index is 1190. The van der Waals surface area contributed by atoms with Crippen LogP contribution >= 0.6 is 0 Å². The standard InChI is InChI=1S/C21H20N4O4/c1-24-20-13(12-22-24)6-5-7-18(20)25-19(11-17(23-25)21(26)29-4)14-8-15(27-2)10-16(9-14)28-3/h5-12H,1-4H3. The van der Waals surface area contributed by atoms with Gasteiger partial charge in [-0.1, -0.05) is 12.1 Å². The molecule has 8 nitrogen and oxygen atoms in total. The van der Waals surface area contributed by atoms with Gasteiger partial charge in [0.2, 0.25) is 0 Å². The lowest BCUT2D eigenvalue weighted by atomic mass is 10.1. The van der Waals surface area contributed by atoms with E-state index in [0.29, 0.717) is 17.2 Å². The summed E-state index contributed by atoms with van der Waals surface area (Å²) in [6.45, 7) is 0. The fraction of sp³-hybridized carbons (Fsp3) is 0.190. The van der Waals surface area contributed by atoms with Crippen molar-refractivity contribution in [1.29, 1.82) is 0 Å². The molecule has 2 heterocycles. The van der Waals surface area contributed by atoms with Crippen molar-refractivity contribution < 1.29 is 19.0 Å². The first-order chi connectivity index (χ1) is 14.0. The van der Waals surface area contributed by atoms with Gasteiger partial charge < -0.3 is 14.2 Å². The van der Waals surface area contributed by atoms with Crippen LogP contribution < -0.4 is 9.47 Å². The van der Waals surface area contributed by atoms with Crippen LogP contribution in [0.5, 0.6) is 11.5 Å². The summed E-state index contributed by atoms with van der Waals surface area (Å²) in [4.78, 5) is 12.2. The number of nitrogens with zero attached hydrogens (tertiary/aromatic N) is 4. The molecule has 0 aliphatic rings. The Balaban J connectivity index is 2.01. The fourth-order valence-electron chi connectivity index (χ4n) is 3.31. The van der Waals surface area contributed by atoms with Crippen molar-refractivity contribution in [2.24, 2.45) is 7.05 Å². The van der Waals surface area contributed by atoms with Crippen LogP contribution in [0.15, 0.2) is 48.7 Å². The molecular weight excluding hydrogens is 372 g/mol. The quantitative estimate of drug-likeness (QED) is 0.485. The summed E-state index contributed by atoms with van der Waals surface area (Å²) in [6, 6.07) is 13.0. The van der Waals surface area contributed by atoms with Gasteiger partial charge in [-0.2, -0.15) is 10.2 Å². The van der Waals surface area contributed by atoms with Crippen LogP contribution in [0.4, 0.5) is 0 Å². The van der Waals surface area contributed by atoms with E-state index in [0.717, 1.165) is 22.2 Å². The van der Waals surface area contributed by atoms with E-state index in [1.807, 2.05) is 37.4 Å². The lowest BCUT2D eigenvalue weighted by Gasteiger charge is -2.12. The maximum Gasteiger partial charge on any atom is 0.358 e. The zero-order valence-corrected chi connectivity index (χ0v) is 16.5. The second kappa shape index (κ2) is 7.31. The van der Waals surface area contributed by atoms with Crippen molar-refractivity contribution in [3.8, 4) is 28.4 Å². The molecule has 0 unspecified atom stereocenters. The maximum atomic E-state index is 12.2. The molecule has 2 aromatic carbocycles. The number of aromatic nitrogens is 4. The van der Waals surface area contributed by atoms with Crippen molar-refractivity contribution in [2.45, 2.75) is 0 Å². The molecule has 0 aliphatic heterocycles. The highest BCUT2D eigenvalue weighted by molar-refractivity contribution is 5.91. The molecule has 0 aliphatic carbocycles. The summed E-state index contributed by atoms with van der Waals surface area (Å²) in [5.74, 6) is 0.743. The van der Waals surface area contributed by atoms with Gasteiger partial charge in [0.15, 0.2) is 5.69 Å². The van der Waals surface area contributed by atoms with Crippen LogP contribution in [0, 0.1) is 0 Å². The summed E-state index contributed by atoms with van der Waals surface area (Å²) >= 11 is 0. The first kappa shape index (κ1) is 18.5. The van der Waals surface area contributed by atoms with Crippen molar-refractivity contribution in [2.75, 3.05) is 21.3 Å².